The Morgan fingerprint density at radius 3 is 1.72 bits per heavy atom. The smallest absolute Gasteiger partial charge is 0.251 e. The number of hydrogen-bond donors (Lipinski definition) is 3. The van der Waals surface area contributed by atoms with Gasteiger partial charge in [-0.15, -0.1) is 0 Å². The third-order valence-electron chi connectivity index (χ3n) is 5.86. The number of benzene rings is 3. The van der Waals surface area contributed by atoms with Gasteiger partial charge < -0.3 is 25.0 Å². The van der Waals surface area contributed by atoms with Crippen LogP contribution in [0.1, 0.15) is 22.8 Å². The van der Waals surface area contributed by atoms with Crippen LogP contribution in [0.2, 0.25) is 0 Å². The van der Waals surface area contributed by atoms with Crippen LogP contribution in [0.25, 0.3) is 0 Å². The van der Waals surface area contributed by atoms with Crippen molar-refractivity contribution >= 4 is 5.91 Å². The summed E-state index contributed by atoms with van der Waals surface area (Å²) in [5, 5.41) is 24.1. The van der Waals surface area contributed by atoms with Gasteiger partial charge in [-0.1, -0.05) is 48.5 Å². The van der Waals surface area contributed by atoms with E-state index in [-0.39, 0.29) is 25.2 Å². The van der Waals surface area contributed by atoms with Gasteiger partial charge in [0.05, 0.1) is 0 Å². The van der Waals surface area contributed by atoms with Crippen molar-refractivity contribution in [1.29, 1.82) is 0 Å². The Morgan fingerprint density at radius 2 is 1.28 bits per heavy atom. The molecular weight excluding hydrogens is 456 g/mol. The van der Waals surface area contributed by atoms with Gasteiger partial charge in [0.1, 0.15) is 36.9 Å². The second-order valence-electron chi connectivity index (χ2n) is 8.84. The first-order valence-electron chi connectivity index (χ1n) is 12.2. The van der Waals surface area contributed by atoms with E-state index >= 15 is 0 Å². The van der Waals surface area contributed by atoms with Gasteiger partial charge in [-0.2, -0.15) is 0 Å². The van der Waals surface area contributed by atoms with Crippen molar-refractivity contribution in [2.45, 2.75) is 31.6 Å². The van der Waals surface area contributed by atoms with Crippen molar-refractivity contribution in [2.24, 2.45) is 0 Å². The van der Waals surface area contributed by atoms with Crippen LogP contribution in [0, 0.1) is 0 Å². The van der Waals surface area contributed by atoms with Crippen LogP contribution in [-0.4, -0.2) is 72.6 Å². The number of carbonyl (C=O) groups is 1. The van der Waals surface area contributed by atoms with Gasteiger partial charge in [0.15, 0.2) is 0 Å². The molecule has 3 aromatic carbocycles. The Bertz CT molecular complexity index is 979. The Kier molecular flexibility index (Phi) is 10.8. The number of hydrogen-bond acceptors (Lipinski definition) is 6. The van der Waals surface area contributed by atoms with E-state index in [1.54, 1.807) is 19.2 Å². The molecule has 3 N–H and O–H groups in total. The Labute approximate surface area is 213 Å². The molecule has 0 bridgehead atoms. The standard InChI is InChI=1S/C29H36N2O5/c1-22(17-23-13-15-24(16-14-23)29(34)30-2)31(18-25(32)20-35-27-9-5-3-6-10-27)19-26(33)21-36-28-11-7-4-8-12-28/h3-16,22,25-26,32-33H,17-21H2,1-2H3,(H,30,34)/t22-,25+,26+/m1/s1. The highest BCUT2D eigenvalue weighted by atomic mass is 16.5. The molecule has 0 aliphatic rings. The molecule has 36 heavy (non-hydrogen) atoms. The fourth-order valence-corrected chi connectivity index (χ4v) is 3.91. The average Bonchev–Trinajstić information content (AvgIpc) is 2.91. The van der Waals surface area contributed by atoms with Gasteiger partial charge in [-0.05, 0) is 55.3 Å². The second kappa shape index (κ2) is 14.2. The predicted molar refractivity (Wildman–Crippen MR) is 140 cm³/mol. The predicted octanol–water partition coefficient (Wildman–Crippen LogP) is 3.16. The zero-order chi connectivity index (χ0) is 25.8. The van der Waals surface area contributed by atoms with Crippen molar-refractivity contribution < 1.29 is 24.5 Å². The zero-order valence-corrected chi connectivity index (χ0v) is 20.9. The minimum absolute atomic E-state index is 0.00797. The topological polar surface area (TPSA) is 91.3 Å². The summed E-state index contributed by atoms with van der Waals surface area (Å²) in [6, 6.07) is 26.2. The van der Waals surface area contributed by atoms with Gasteiger partial charge in [-0.3, -0.25) is 9.69 Å². The van der Waals surface area contributed by atoms with E-state index in [9.17, 15) is 15.0 Å². The monoisotopic (exact) mass is 492 g/mol. The van der Waals surface area contributed by atoms with E-state index < -0.39 is 12.2 Å². The number of aliphatic hydroxyl groups excluding tert-OH is 2. The average molecular weight is 493 g/mol. The molecule has 7 heteroatoms. The van der Waals surface area contributed by atoms with Crippen molar-refractivity contribution in [1.82, 2.24) is 10.2 Å². The summed E-state index contributed by atoms with van der Waals surface area (Å²) in [6.45, 7) is 3.00. The number of aliphatic hydroxyl groups is 2. The van der Waals surface area contributed by atoms with Gasteiger partial charge in [-0.25, -0.2) is 0 Å². The first-order valence-corrected chi connectivity index (χ1v) is 12.2. The van der Waals surface area contributed by atoms with E-state index in [2.05, 4.69) is 12.2 Å². The van der Waals surface area contributed by atoms with Crippen LogP contribution in [0.5, 0.6) is 11.5 Å². The Morgan fingerprint density at radius 1 is 0.806 bits per heavy atom. The van der Waals surface area contributed by atoms with Gasteiger partial charge in [0.25, 0.3) is 5.91 Å². The zero-order valence-electron chi connectivity index (χ0n) is 20.9. The second-order valence-corrected chi connectivity index (χ2v) is 8.84. The molecule has 0 aliphatic carbocycles. The largest absolute Gasteiger partial charge is 0.491 e. The normalized spacial score (nSPS) is 13.6. The number of ether oxygens (including phenoxy) is 2. The highest BCUT2D eigenvalue weighted by Gasteiger charge is 2.22. The van der Waals surface area contributed by atoms with Crippen molar-refractivity contribution in [3.05, 3.63) is 96.1 Å². The summed E-state index contributed by atoms with van der Waals surface area (Å²) in [7, 11) is 1.61. The number of nitrogens with zero attached hydrogens (tertiary/aromatic N) is 1. The quantitative estimate of drug-likeness (QED) is 0.320. The molecule has 1 amide bonds. The van der Waals surface area contributed by atoms with Crippen LogP contribution in [0.4, 0.5) is 0 Å². The van der Waals surface area contributed by atoms with Crippen LogP contribution >= 0.6 is 0 Å². The van der Waals surface area contributed by atoms with E-state index in [0.717, 1.165) is 5.56 Å². The number of carbonyl (C=O) groups excluding carboxylic acids is 1. The van der Waals surface area contributed by atoms with Crippen molar-refractivity contribution in [2.75, 3.05) is 33.4 Å². The fraction of sp³-hybridized carbons (Fsp3) is 0.345. The molecule has 0 spiro atoms. The Hall–Kier alpha value is -3.39. The van der Waals surface area contributed by atoms with Gasteiger partial charge >= 0.3 is 0 Å². The number of amides is 1. The summed E-state index contributed by atoms with van der Waals surface area (Å²) >= 11 is 0. The maximum Gasteiger partial charge on any atom is 0.251 e. The molecule has 192 valence electrons. The first kappa shape index (κ1) is 27.2. The lowest BCUT2D eigenvalue weighted by molar-refractivity contribution is 0.0167. The molecule has 0 aromatic heterocycles. The lowest BCUT2D eigenvalue weighted by Gasteiger charge is -2.32. The molecule has 3 aromatic rings. The van der Waals surface area contributed by atoms with Crippen LogP contribution < -0.4 is 14.8 Å². The molecule has 0 saturated heterocycles. The summed E-state index contributed by atoms with van der Waals surface area (Å²) in [4.78, 5) is 13.9. The van der Waals surface area contributed by atoms with Gasteiger partial charge in [0, 0.05) is 31.7 Å². The number of nitrogens with one attached hydrogen (secondary N) is 1. The van der Waals surface area contributed by atoms with Crippen LogP contribution in [0.15, 0.2) is 84.9 Å². The maximum atomic E-state index is 11.8. The fourth-order valence-electron chi connectivity index (χ4n) is 3.91. The highest BCUT2D eigenvalue weighted by Crippen LogP contribution is 2.15. The minimum Gasteiger partial charge on any atom is -0.491 e. The minimum atomic E-state index is -0.745. The molecule has 0 saturated carbocycles. The molecule has 0 fully saturated rings. The molecular formula is C29H36N2O5. The SMILES string of the molecule is CNC(=O)c1ccc(C[C@@H](C)N(C[C@H](O)COc2ccccc2)C[C@H](O)COc2ccccc2)cc1. The summed E-state index contributed by atoms with van der Waals surface area (Å²) in [5.41, 5.74) is 1.66. The van der Waals surface area contributed by atoms with E-state index in [4.69, 9.17) is 9.47 Å². The number of para-hydroxylation sites is 2. The molecule has 3 rings (SSSR count). The number of rotatable bonds is 14. The maximum absolute atomic E-state index is 11.8. The third-order valence-corrected chi connectivity index (χ3v) is 5.86. The van der Waals surface area contributed by atoms with Crippen molar-refractivity contribution in [3.8, 4) is 11.5 Å². The van der Waals surface area contributed by atoms with E-state index in [1.807, 2.05) is 77.7 Å². The molecule has 0 radical (unpaired) electrons. The highest BCUT2D eigenvalue weighted by molar-refractivity contribution is 5.93. The molecule has 7 nitrogen and oxygen atoms in total. The molecule has 0 unspecified atom stereocenters. The lowest BCUT2D eigenvalue weighted by Crippen LogP contribution is -2.46. The first-order chi connectivity index (χ1) is 17.4. The lowest BCUT2D eigenvalue weighted by atomic mass is 10.0. The summed E-state index contributed by atoms with van der Waals surface area (Å²) in [5.74, 6) is 1.27. The van der Waals surface area contributed by atoms with E-state index in [0.29, 0.717) is 36.6 Å². The summed E-state index contributed by atoms with van der Waals surface area (Å²) < 4.78 is 11.4. The Balaban J connectivity index is 1.61. The van der Waals surface area contributed by atoms with Crippen molar-refractivity contribution in [3.63, 3.8) is 0 Å². The molecule has 0 aliphatic heterocycles. The molecule has 3 atom stereocenters. The van der Waals surface area contributed by atoms with Gasteiger partial charge in [0.2, 0.25) is 0 Å². The summed E-state index contributed by atoms with van der Waals surface area (Å²) in [6.07, 6.45) is -0.803. The third kappa shape index (κ3) is 9.00. The van der Waals surface area contributed by atoms with Crippen LogP contribution in [0.3, 0.4) is 0 Å². The van der Waals surface area contributed by atoms with E-state index in [1.165, 1.54) is 0 Å². The molecule has 0 heterocycles. The van der Waals surface area contributed by atoms with Crippen LogP contribution in [-0.2, 0) is 6.42 Å².